The highest BCUT2D eigenvalue weighted by molar-refractivity contribution is 5.79. The maximum Gasteiger partial charge on any atom is 0.224 e. The highest BCUT2D eigenvalue weighted by Gasteiger charge is 2.26. The van der Waals surface area contributed by atoms with Gasteiger partial charge in [-0.2, -0.15) is 0 Å². The third-order valence-corrected chi connectivity index (χ3v) is 3.93. The molecule has 2 N–H and O–H groups in total. The Morgan fingerprint density at radius 2 is 2.14 bits per heavy atom. The maximum absolute atomic E-state index is 13.9. The summed E-state index contributed by atoms with van der Waals surface area (Å²) in [4.78, 5) is 12.3. The number of halogens is 2. The molecule has 0 aromatic heterocycles. The minimum Gasteiger partial charge on any atom is -0.349 e. The third kappa shape index (κ3) is 4.00. The molecule has 1 heterocycles. The number of hydrogen-bond acceptors (Lipinski definition) is 2. The van der Waals surface area contributed by atoms with Crippen molar-refractivity contribution in [3.05, 3.63) is 35.4 Å². The lowest BCUT2D eigenvalue weighted by atomic mass is 9.93. The molecule has 0 saturated carbocycles. The fourth-order valence-corrected chi connectivity index (χ4v) is 2.70. The monoisotopic (exact) mass is 296 g/mol. The molecule has 1 saturated heterocycles. The van der Waals surface area contributed by atoms with Crippen LogP contribution in [0.25, 0.3) is 0 Å². The molecule has 2 rings (SSSR count). The van der Waals surface area contributed by atoms with E-state index in [4.69, 9.17) is 0 Å². The zero-order chi connectivity index (χ0) is 15.4. The van der Waals surface area contributed by atoms with Crippen molar-refractivity contribution in [2.24, 2.45) is 11.8 Å². The van der Waals surface area contributed by atoms with Gasteiger partial charge >= 0.3 is 0 Å². The van der Waals surface area contributed by atoms with Crippen LogP contribution in [-0.4, -0.2) is 19.0 Å². The Morgan fingerprint density at radius 1 is 1.38 bits per heavy atom. The van der Waals surface area contributed by atoms with Crippen molar-refractivity contribution in [1.29, 1.82) is 0 Å². The number of amides is 1. The normalized spacial score (nSPS) is 20.3. The van der Waals surface area contributed by atoms with Gasteiger partial charge in [0.2, 0.25) is 5.91 Å². The zero-order valence-corrected chi connectivity index (χ0v) is 12.5. The minimum absolute atomic E-state index is 0.0189. The predicted molar refractivity (Wildman–Crippen MR) is 77.7 cm³/mol. The van der Waals surface area contributed by atoms with Gasteiger partial charge in [-0.1, -0.05) is 19.9 Å². The van der Waals surface area contributed by atoms with Crippen LogP contribution >= 0.6 is 0 Å². The summed E-state index contributed by atoms with van der Waals surface area (Å²) in [7, 11) is 0. The highest BCUT2D eigenvalue weighted by atomic mass is 19.1. The smallest absolute Gasteiger partial charge is 0.224 e. The summed E-state index contributed by atoms with van der Waals surface area (Å²) in [5.41, 5.74) is 0.337. The van der Waals surface area contributed by atoms with E-state index in [1.54, 1.807) is 0 Å². The largest absolute Gasteiger partial charge is 0.349 e. The molecule has 0 bridgehead atoms. The van der Waals surface area contributed by atoms with Crippen LogP contribution in [0.3, 0.4) is 0 Å². The van der Waals surface area contributed by atoms with Crippen LogP contribution in [0.2, 0.25) is 0 Å². The van der Waals surface area contributed by atoms with E-state index in [2.05, 4.69) is 10.6 Å². The Bertz CT molecular complexity index is 499. The first kappa shape index (κ1) is 15.9. The van der Waals surface area contributed by atoms with E-state index in [1.165, 1.54) is 12.1 Å². The molecule has 0 spiro atoms. The summed E-state index contributed by atoms with van der Waals surface area (Å²) in [6.07, 6.45) is 1.81. The van der Waals surface area contributed by atoms with Gasteiger partial charge in [-0.15, -0.1) is 0 Å². The Hall–Kier alpha value is -1.49. The summed E-state index contributed by atoms with van der Waals surface area (Å²) in [6, 6.07) is 3.05. The molecule has 1 fully saturated rings. The lowest BCUT2D eigenvalue weighted by Gasteiger charge is -2.28. The van der Waals surface area contributed by atoms with Gasteiger partial charge in [0.15, 0.2) is 0 Å². The summed E-state index contributed by atoms with van der Waals surface area (Å²) in [6.45, 7) is 5.41. The molecule has 1 aliphatic rings. The fourth-order valence-electron chi connectivity index (χ4n) is 2.70. The lowest BCUT2D eigenvalue weighted by molar-refractivity contribution is -0.126. The maximum atomic E-state index is 13.9. The topological polar surface area (TPSA) is 41.1 Å². The number of nitrogens with one attached hydrogen (secondary N) is 2. The molecule has 116 valence electrons. The average molecular weight is 296 g/mol. The van der Waals surface area contributed by atoms with E-state index in [9.17, 15) is 13.6 Å². The molecule has 3 nitrogen and oxygen atoms in total. The Morgan fingerprint density at radius 3 is 2.71 bits per heavy atom. The van der Waals surface area contributed by atoms with Crippen LogP contribution in [-0.2, 0) is 4.79 Å². The molecule has 21 heavy (non-hydrogen) atoms. The SMILES string of the molecule is CC(C)C(NC(=O)C1CCCNC1)c1ccc(F)cc1F. The Kier molecular flexibility index (Phi) is 5.28. The van der Waals surface area contributed by atoms with E-state index >= 15 is 0 Å². The molecule has 1 aliphatic heterocycles. The van der Waals surface area contributed by atoms with Gasteiger partial charge in [0.1, 0.15) is 11.6 Å². The molecule has 0 radical (unpaired) electrons. The van der Waals surface area contributed by atoms with Crippen molar-refractivity contribution in [2.45, 2.75) is 32.7 Å². The van der Waals surface area contributed by atoms with Crippen LogP contribution in [0.4, 0.5) is 8.78 Å². The molecule has 2 unspecified atom stereocenters. The minimum atomic E-state index is -0.615. The molecular formula is C16H22F2N2O. The lowest BCUT2D eigenvalue weighted by Crippen LogP contribution is -2.43. The van der Waals surface area contributed by atoms with E-state index < -0.39 is 17.7 Å². The number of carbonyl (C=O) groups is 1. The number of benzene rings is 1. The van der Waals surface area contributed by atoms with Gasteiger partial charge in [-0.05, 0) is 31.4 Å². The number of piperidine rings is 1. The fraction of sp³-hybridized carbons (Fsp3) is 0.562. The number of hydrogen-bond donors (Lipinski definition) is 2. The molecule has 1 aromatic rings. The first-order chi connectivity index (χ1) is 9.99. The van der Waals surface area contributed by atoms with E-state index in [1.807, 2.05) is 13.8 Å². The number of carbonyl (C=O) groups excluding carboxylic acids is 1. The van der Waals surface area contributed by atoms with Crippen LogP contribution < -0.4 is 10.6 Å². The van der Waals surface area contributed by atoms with Gasteiger partial charge < -0.3 is 10.6 Å². The van der Waals surface area contributed by atoms with Crippen LogP contribution in [0, 0.1) is 23.5 Å². The van der Waals surface area contributed by atoms with Crippen LogP contribution in [0.5, 0.6) is 0 Å². The zero-order valence-electron chi connectivity index (χ0n) is 12.5. The summed E-state index contributed by atoms with van der Waals surface area (Å²) in [5.74, 6) is -1.35. The molecule has 1 amide bonds. The van der Waals surface area contributed by atoms with Gasteiger partial charge in [0.25, 0.3) is 0 Å². The van der Waals surface area contributed by atoms with Crippen molar-refractivity contribution >= 4 is 5.91 Å². The second-order valence-electron chi connectivity index (χ2n) is 5.94. The third-order valence-electron chi connectivity index (χ3n) is 3.93. The molecule has 5 heteroatoms. The van der Waals surface area contributed by atoms with E-state index in [0.717, 1.165) is 25.5 Å². The van der Waals surface area contributed by atoms with Crippen molar-refractivity contribution in [1.82, 2.24) is 10.6 Å². The standard InChI is InChI=1S/C16H22F2N2O/c1-10(2)15(13-6-5-12(17)8-14(13)18)20-16(21)11-4-3-7-19-9-11/h5-6,8,10-11,15,19H,3-4,7,9H2,1-2H3,(H,20,21). The van der Waals surface area contributed by atoms with Crippen molar-refractivity contribution in [3.8, 4) is 0 Å². The first-order valence-electron chi connectivity index (χ1n) is 7.45. The first-order valence-corrected chi connectivity index (χ1v) is 7.45. The van der Waals surface area contributed by atoms with Crippen molar-refractivity contribution in [2.75, 3.05) is 13.1 Å². The second-order valence-corrected chi connectivity index (χ2v) is 5.94. The van der Waals surface area contributed by atoms with Gasteiger partial charge in [0, 0.05) is 18.2 Å². The quantitative estimate of drug-likeness (QED) is 0.897. The Balaban J connectivity index is 2.13. The van der Waals surface area contributed by atoms with Crippen molar-refractivity contribution in [3.63, 3.8) is 0 Å². The summed E-state index contributed by atoms with van der Waals surface area (Å²) >= 11 is 0. The molecule has 1 aromatic carbocycles. The van der Waals surface area contributed by atoms with Crippen LogP contribution in [0.1, 0.15) is 38.3 Å². The van der Waals surface area contributed by atoms with Crippen LogP contribution in [0.15, 0.2) is 18.2 Å². The molecule has 0 aliphatic carbocycles. The predicted octanol–water partition coefficient (Wildman–Crippen LogP) is 2.78. The van der Waals surface area contributed by atoms with E-state index in [0.29, 0.717) is 12.1 Å². The average Bonchev–Trinajstić information content (AvgIpc) is 2.46. The summed E-state index contributed by atoms with van der Waals surface area (Å²) < 4.78 is 27.0. The summed E-state index contributed by atoms with van der Waals surface area (Å²) in [5, 5.41) is 6.11. The van der Waals surface area contributed by atoms with Crippen molar-refractivity contribution < 1.29 is 13.6 Å². The van der Waals surface area contributed by atoms with Gasteiger partial charge in [0.05, 0.1) is 12.0 Å². The number of rotatable bonds is 4. The van der Waals surface area contributed by atoms with E-state index in [-0.39, 0.29) is 17.7 Å². The molecular weight excluding hydrogens is 274 g/mol. The van der Waals surface area contributed by atoms with Gasteiger partial charge in [-0.3, -0.25) is 4.79 Å². The van der Waals surface area contributed by atoms with Gasteiger partial charge in [-0.25, -0.2) is 8.78 Å². The molecule has 2 atom stereocenters. The second kappa shape index (κ2) is 6.98. The highest BCUT2D eigenvalue weighted by Crippen LogP contribution is 2.25. The Labute approximate surface area is 124 Å².